The molecular formula is C8H12N2O2. The summed E-state index contributed by atoms with van der Waals surface area (Å²) in [7, 11) is 0. The van der Waals surface area contributed by atoms with Crippen molar-refractivity contribution in [3.05, 3.63) is 23.8 Å². The van der Waals surface area contributed by atoms with Gasteiger partial charge in [-0.2, -0.15) is 0 Å². The summed E-state index contributed by atoms with van der Waals surface area (Å²) in [5.74, 6) is 0. The minimum Gasteiger partial charge on any atom is -0.373 e. The Labute approximate surface area is 70.9 Å². The second-order valence-corrected chi connectivity index (χ2v) is 2.49. The third-order valence-corrected chi connectivity index (χ3v) is 1.62. The smallest absolute Gasteiger partial charge is 0.221 e. The van der Waals surface area contributed by atoms with E-state index in [2.05, 4.69) is 10.9 Å². The minimum absolute atomic E-state index is 0.482. The molecule has 1 rings (SSSR count). The Morgan fingerprint density at radius 2 is 2.42 bits per heavy atom. The lowest BCUT2D eigenvalue weighted by Crippen LogP contribution is -2.40. The SMILES string of the molecule is O=CNNC(O)C1=CCCC=C1. The maximum Gasteiger partial charge on any atom is 0.221 e. The predicted molar refractivity (Wildman–Crippen MR) is 44.8 cm³/mol. The van der Waals surface area contributed by atoms with E-state index in [1.54, 1.807) is 0 Å². The van der Waals surface area contributed by atoms with Crippen molar-refractivity contribution in [2.75, 3.05) is 0 Å². The highest BCUT2D eigenvalue weighted by atomic mass is 16.3. The number of aliphatic hydroxyl groups is 1. The Balaban J connectivity index is 2.40. The Hall–Kier alpha value is -1.13. The first kappa shape index (κ1) is 8.96. The van der Waals surface area contributed by atoms with Gasteiger partial charge in [0.05, 0.1) is 0 Å². The molecule has 0 bridgehead atoms. The van der Waals surface area contributed by atoms with Crippen LogP contribution in [0.3, 0.4) is 0 Å². The highest BCUT2D eigenvalue weighted by molar-refractivity contribution is 5.45. The first-order valence-corrected chi connectivity index (χ1v) is 3.84. The molecule has 0 aromatic carbocycles. The monoisotopic (exact) mass is 168 g/mol. The van der Waals surface area contributed by atoms with Crippen molar-refractivity contribution in [1.82, 2.24) is 10.9 Å². The molecule has 12 heavy (non-hydrogen) atoms. The number of allylic oxidation sites excluding steroid dienone is 2. The summed E-state index contributed by atoms with van der Waals surface area (Å²) in [4.78, 5) is 9.87. The molecule has 0 fully saturated rings. The Morgan fingerprint density at radius 3 is 3.00 bits per heavy atom. The molecule has 4 nitrogen and oxygen atoms in total. The molecule has 1 atom stereocenters. The lowest BCUT2D eigenvalue weighted by molar-refractivity contribution is -0.111. The van der Waals surface area contributed by atoms with Gasteiger partial charge in [-0.25, -0.2) is 5.43 Å². The number of hydrazine groups is 1. The van der Waals surface area contributed by atoms with E-state index in [9.17, 15) is 9.90 Å². The van der Waals surface area contributed by atoms with Gasteiger partial charge in [-0.05, 0) is 18.4 Å². The van der Waals surface area contributed by atoms with Crippen LogP contribution < -0.4 is 10.9 Å². The van der Waals surface area contributed by atoms with E-state index in [0.29, 0.717) is 6.41 Å². The van der Waals surface area contributed by atoms with E-state index >= 15 is 0 Å². The maximum atomic E-state index is 9.87. The molecule has 4 heteroatoms. The van der Waals surface area contributed by atoms with Gasteiger partial charge in [-0.15, -0.1) is 0 Å². The van der Waals surface area contributed by atoms with Crippen molar-refractivity contribution in [3.8, 4) is 0 Å². The highest BCUT2D eigenvalue weighted by Crippen LogP contribution is 2.11. The standard InChI is InChI=1S/C8H12N2O2/c11-6-9-10-8(12)7-4-2-1-3-5-7/h2,4-6,8,10,12H,1,3H2,(H,9,11). The number of amides is 1. The number of carbonyl (C=O) groups is 1. The van der Waals surface area contributed by atoms with Crippen LogP contribution in [0.1, 0.15) is 12.8 Å². The molecule has 0 aliphatic heterocycles. The number of rotatable bonds is 4. The van der Waals surface area contributed by atoms with Gasteiger partial charge in [0.15, 0.2) is 0 Å². The number of aliphatic hydroxyl groups excluding tert-OH is 1. The van der Waals surface area contributed by atoms with E-state index < -0.39 is 6.23 Å². The molecule has 66 valence electrons. The van der Waals surface area contributed by atoms with Crippen molar-refractivity contribution in [2.45, 2.75) is 19.1 Å². The first-order valence-electron chi connectivity index (χ1n) is 3.84. The molecule has 0 aromatic heterocycles. The summed E-state index contributed by atoms with van der Waals surface area (Å²) in [6.07, 6.45) is 7.38. The largest absolute Gasteiger partial charge is 0.373 e. The average Bonchev–Trinajstić information content (AvgIpc) is 2.15. The summed E-state index contributed by atoms with van der Waals surface area (Å²) < 4.78 is 0. The van der Waals surface area contributed by atoms with Gasteiger partial charge in [-0.1, -0.05) is 18.2 Å². The van der Waals surface area contributed by atoms with Crippen LogP contribution in [-0.4, -0.2) is 17.7 Å². The highest BCUT2D eigenvalue weighted by Gasteiger charge is 2.07. The zero-order valence-corrected chi connectivity index (χ0v) is 6.66. The topological polar surface area (TPSA) is 61.4 Å². The molecule has 1 unspecified atom stereocenters. The summed E-state index contributed by atoms with van der Waals surface area (Å²) in [5.41, 5.74) is 5.40. The molecule has 1 aliphatic carbocycles. The molecule has 3 N–H and O–H groups in total. The predicted octanol–water partition coefficient (Wildman–Crippen LogP) is -0.168. The first-order chi connectivity index (χ1) is 5.84. The summed E-state index contributed by atoms with van der Waals surface area (Å²) in [6, 6.07) is 0. The second-order valence-electron chi connectivity index (χ2n) is 2.49. The molecule has 0 aromatic rings. The van der Waals surface area contributed by atoms with Crippen LogP contribution in [0.15, 0.2) is 23.8 Å². The van der Waals surface area contributed by atoms with Gasteiger partial charge < -0.3 is 5.11 Å². The molecule has 1 aliphatic rings. The minimum atomic E-state index is -0.813. The fourth-order valence-corrected chi connectivity index (χ4v) is 1.03. The summed E-state index contributed by atoms with van der Waals surface area (Å²) >= 11 is 0. The quantitative estimate of drug-likeness (QED) is 0.310. The maximum absolute atomic E-state index is 9.87. The van der Waals surface area contributed by atoms with Gasteiger partial charge in [0.1, 0.15) is 6.23 Å². The molecule has 0 radical (unpaired) electrons. The fourth-order valence-electron chi connectivity index (χ4n) is 1.03. The van der Waals surface area contributed by atoms with Crippen LogP contribution in [-0.2, 0) is 4.79 Å². The van der Waals surface area contributed by atoms with Crippen molar-refractivity contribution < 1.29 is 9.90 Å². The normalized spacial score (nSPS) is 18.2. The Morgan fingerprint density at radius 1 is 1.58 bits per heavy atom. The third kappa shape index (κ3) is 2.48. The van der Waals surface area contributed by atoms with Crippen LogP contribution >= 0.6 is 0 Å². The number of hydrogen-bond acceptors (Lipinski definition) is 3. The van der Waals surface area contributed by atoms with Crippen LogP contribution in [0.25, 0.3) is 0 Å². The third-order valence-electron chi connectivity index (χ3n) is 1.62. The molecular weight excluding hydrogens is 156 g/mol. The zero-order valence-electron chi connectivity index (χ0n) is 6.66. The zero-order chi connectivity index (χ0) is 8.81. The lowest BCUT2D eigenvalue weighted by Gasteiger charge is -2.14. The van der Waals surface area contributed by atoms with Crippen LogP contribution in [0, 0.1) is 0 Å². The van der Waals surface area contributed by atoms with E-state index in [0.717, 1.165) is 18.4 Å². The lowest BCUT2D eigenvalue weighted by atomic mass is 10.1. The van der Waals surface area contributed by atoms with Crippen LogP contribution in [0.2, 0.25) is 0 Å². The number of nitrogens with one attached hydrogen (secondary N) is 2. The molecule has 0 spiro atoms. The van der Waals surface area contributed by atoms with E-state index in [4.69, 9.17) is 0 Å². The summed E-state index contributed by atoms with van der Waals surface area (Å²) in [5, 5.41) is 9.35. The molecule has 1 amide bonds. The van der Waals surface area contributed by atoms with E-state index in [1.165, 1.54) is 0 Å². The second kappa shape index (κ2) is 4.69. The van der Waals surface area contributed by atoms with E-state index in [1.807, 2.05) is 18.2 Å². The van der Waals surface area contributed by atoms with E-state index in [-0.39, 0.29) is 0 Å². The van der Waals surface area contributed by atoms with Crippen molar-refractivity contribution in [1.29, 1.82) is 0 Å². The summed E-state index contributed by atoms with van der Waals surface area (Å²) in [6.45, 7) is 0. The van der Waals surface area contributed by atoms with Crippen LogP contribution in [0.5, 0.6) is 0 Å². The number of carbonyl (C=O) groups excluding carboxylic acids is 1. The van der Waals surface area contributed by atoms with Crippen LogP contribution in [0.4, 0.5) is 0 Å². The molecule has 0 saturated carbocycles. The Kier molecular flexibility index (Phi) is 3.50. The van der Waals surface area contributed by atoms with Gasteiger partial charge in [0, 0.05) is 0 Å². The van der Waals surface area contributed by atoms with Crippen molar-refractivity contribution in [3.63, 3.8) is 0 Å². The van der Waals surface area contributed by atoms with Crippen molar-refractivity contribution >= 4 is 6.41 Å². The van der Waals surface area contributed by atoms with Gasteiger partial charge in [0.2, 0.25) is 6.41 Å². The van der Waals surface area contributed by atoms with Crippen molar-refractivity contribution in [2.24, 2.45) is 0 Å². The number of hydrogen-bond donors (Lipinski definition) is 3. The average molecular weight is 168 g/mol. The molecule has 0 heterocycles. The van der Waals surface area contributed by atoms with Gasteiger partial charge in [-0.3, -0.25) is 10.2 Å². The van der Waals surface area contributed by atoms with Gasteiger partial charge >= 0.3 is 0 Å². The van der Waals surface area contributed by atoms with Gasteiger partial charge in [0.25, 0.3) is 0 Å². The Bertz CT molecular complexity index is 211. The fraction of sp³-hybridized carbons (Fsp3) is 0.375. The molecule has 0 saturated heterocycles.